The van der Waals surface area contributed by atoms with Gasteiger partial charge in [0.25, 0.3) is 0 Å². The lowest BCUT2D eigenvalue weighted by molar-refractivity contribution is -0.126. The molecule has 2 aliphatic carbocycles. The third-order valence-electron chi connectivity index (χ3n) is 5.07. The summed E-state index contributed by atoms with van der Waals surface area (Å²) in [6, 6.07) is 0. The second kappa shape index (κ2) is 6.18. The Kier molecular flexibility index (Phi) is 4.83. The average molecular weight is 251 g/mol. The van der Waals surface area contributed by atoms with Gasteiger partial charge in [-0.25, -0.2) is 0 Å². The Morgan fingerprint density at radius 1 is 1.22 bits per heavy atom. The van der Waals surface area contributed by atoms with Crippen LogP contribution in [0.5, 0.6) is 0 Å². The molecule has 2 rings (SSSR count). The zero-order valence-electron chi connectivity index (χ0n) is 12.3. The minimum Gasteiger partial charge on any atom is -0.305 e. The van der Waals surface area contributed by atoms with Crippen molar-refractivity contribution < 1.29 is 4.79 Å². The molecule has 0 heterocycles. The van der Waals surface area contributed by atoms with E-state index in [9.17, 15) is 4.79 Å². The Morgan fingerprint density at radius 3 is 2.50 bits per heavy atom. The van der Waals surface area contributed by atoms with Gasteiger partial charge in [0.15, 0.2) is 0 Å². The monoisotopic (exact) mass is 251 g/mol. The highest BCUT2D eigenvalue weighted by atomic mass is 16.1. The second-order valence-corrected chi connectivity index (χ2v) is 6.96. The van der Waals surface area contributed by atoms with Crippen molar-refractivity contribution in [1.29, 1.82) is 0 Å². The fourth-order valence-electron chi connectivity index (χ4n) is 3.50. The molecule has 0 amide bonds. The Morgan fingerprint density at radius 2 is 1.94 bits per heavy atom. The highest BCUT2D eigenvalue weighted by Gasteiger charge is 2.31. The van der Waals surface area contributed by atoms with E-state index >= 15 is 0 Å². The van der Waals surface area contributed by atoms with E-state index in [0.29, 0.717) is 11.7 Å². The van der Waals surface area contributed by atoms with Gasteiger partial charge in [-0.3, -0.25) is 4.79 Å². The second-order valence-electron chi connectivity index (χ2n) is 6.96. The van der Waals surface area contributed by atoms with Crippen LogP contribution in [-0.2, 0) is 4.79 Å². The molecule has 2 aliphatic rings. The molecule has 104 valence electrons. The van der Waals surface area contributed by atoms with E-state index in [2.05, 4.69) is 25.8 Å². The van der Waals surface area contributed by atoms with Gasteiger partial charge in [0, 0.05) is 25.4 Å². The van der Waals surface area contributed by atoms with Crippen LogP contribution in [0.4, 0.5) is 0 Å². The number of nitrogens with zero attached hydrogens (tertiary/aromatic N) is 1. The molecule has 0 aromatic heterocycles. The molecule has 0 aliphatic heterocycles. The molecule has 18 heavy (non-hydrogen) atoms. The molecule has 2 heteroatoms. The van der Waals surface area contributed by atoms with Crippen molar-refractivity contribution in [3.63, 3.8) is 0 Å². The van der Waals surface area contributed by atoms with Crippen LogP contribution in [0, 0.1) is 23.7 Å². The Labute approximate surface area is 112 Å². The molecule has 2 nitrogen and oxygen atoms in total. The van der Waals surface area contributed by atoms with Crippen molar-refractivity contribution in [3.05, 3.63) is 0 Å². The van der Waals surface area contributed by atoms with Crippen molar-refractivity contribution in [2.45, 2.75) is 52.4 Å². The summed E-state index contributed by atoms with van der Waals surface area (Å²) >= 11 is 0. The summed E-state index contributed by atoms with van der Waals surface area (Å²) in [5, 5.41) is 0. The van der Waals surface area contributed by atoms with E-state index in [4.69, 9.17) is 0 Å². The fourth-order valence-corrected chi connectivity index (χ4v) is 3.50. The highest BCUT2D eigenvalue weighted by molar-refractivity contribution is 5.81. The molecule has 0 aromatic rings. The minimum atomic E-state index is 0.316. The Balaban J connectivity index is 1.79. The minimum absolute atomic E-state index is 0.316. The van der Waals surface area contributed by atoms with Crippen LogP contribution in [0.2, 0.25) is 0 Å². The summed E-state index contributed by atoms with van der Waals surface area (Å²) in [7, 11) is 2.20. The van der Waals surface area contributed by atoms with Gasteiger partial charge in [-0.1, -0.05) is 20.3 Å². The van der Waals surface area contributed by atoms with Crippen LogP contribution in [0.1, 0.15) is 52.4 Å². The molecule has 0 spiro atoms. The van der Waals surface area contributed by atoms with Crippen molar-refractivity contribution in [1.82, 2.24) is 4.90 Å². The maximum absolute atomic E-state index is 12.0. The molecule has 0 saturated heterocycles. The van der Waals surface area contributed by atoms with E-state index in [1.807, 2.05) is 0 Å². The summed E-state index contributed by atoms with van der Waals surface area (Å²) in [4.78, 5) is 14.5. The fraction of sp³-hybridized carbons (Fsp3) is 0.938. The summed E-state index contributed by atoms with van der Waals surface area (Å²) in [5.41, 5.74) is 0. The maximum atomic E-state index is 12.0. The first kappa shape index (κ1) is 14.0. The first-order valence-corrected chi connectivity index (χ1v) is 7.77. The molecule has 2 fully saturated rings. The largest absolute Gasteiger partial charge is 0.305 e. The van der Waals surface area contributed by atoms with Crippen LogP contribution in [0.3, 0.4) is 0 Å². The third-order valence-corrected chi connectivity index (χ3v) is 5.07. The maximum Gasteiger partial charge on any atom is 0.137 e. The molecular formula is C16H29NO. The zero-order chi connectivity index (χ0) is 13.1. The van der Waals surface area contributed by atoms with Crippen LogP contribution in [0.25, 0.3) is 0 Å². The predicted molar refractivity (Wildman–Crippen MR) is 75.5 cm³/mol. The Bertz CT molecular complexity index is 283. The summed E-state index contributed by atoms with van der Waals surface area (Å²) in [6.07, 6.45) is 7.29. The number of Topliss-reactive ketones (excluding diaryl/α,β-unsaturated/α-hetero) is 1. The summed E-state index contributed by atoms with van der Waals surface area (Å²) in [5.74, 6) is 3.25. The smallest absolute Gasteiger partial charge is 0.137 e. The van der Waals surface area contributed by atoms with Gasteiger partial charge < -0.3 is 4.90 Å². The van der Waals surface area contributed by atoms with E-state index < -0.39 is 0 Å². The van der Waals surface area contributed by atoms with Gasteiger partial charge in [-0.15, -0.1) is 0 Å². The van der Waals surface area contributed by atoms with Crippen molar-refractivity contribution >= 4 is 5.78 Å². The van der Waals surface area contributed by atoms with Crippen LogP contribution in [-0.4, -0.2) is 30.8 Å². The first-order chi connectivity index (χ1) is 8.56. The standard InChI is InChI=1S/C16H29NO/c1-12(2)14-7-8-16(18)15(9-14)11-17(3)10-13-5-4-6-13/h12-15H,4-11H2,1-3H3. The molecule has 0 N–H and O–H groups in total. The number of carbonyl (C=O) groups is 1. The summed E-state index contributed by atoms with van der Waals surface area (Å²) in [6.45, 7) is 6.81. The Hall–Kier alpha value is -0.370. The molecular weight excluding hydrogens is 222 g/mol. The predicted octanol–water partition coefficient (Wildman–Crippen LogP) is 3.36. The van der Waals surface area contributed by atoms with E-state index in [0.717, 1.165) is 43.6 Å². The van der Waals surface area contributed by atoms with Gasteiger partial charge >= 0.3 is 0 Å². The number of ketones is 1. The first-order valence-electron chi connectivity index (χ1n) is 7.77. The highest BCUT2D eigenvalue weighted by Crippen LogP contribution is 2.33. The van der Waals surface area contributed by atoms with Gasteiger partial charge in [0.05, 0.1) is 0 Å². The number of hydrogen-bond acceptors (Lipinski definition) is 2. The zero-order valence-corrected chi connectivity index (χ0v) is 12.3. The van der Waals surface area contributed by atoms with E-state index in [1.165, 1.54) is 25.8 Å². The number of rotatable bonds is 5. The van der Waals surface area contributed by atoms with Crippen molar-refractivity contribution in [2.24, 2.45) is 23.7 Å². The van der Waals surface area contributed by atoms with E-state index in [1.54, 1.807) is 0 Å². The molecule has 2 saturated carbocycles. The third kappa shape index (κ3) is 3.57. The molecule has 2 unspecified atom stereocenters. The quantitative estimate of drug-likeness (QED) is 0.747. The van der Waals surface area contributed by atoms with E-state index in [-0.39, 0.29) is 0 Å². The normalized spacial score (nSPS) is 29.9. The number of carbonyl (C=O) groups excluding carboxylic acids is 1. The van der Waals surface area contributed by atoms with Crippen molar-refractivity contribution in [3.8, 4) is 0 Å². The topological polar surface area (TPSA) is 20.3 Å². The SMILES string of the molecule is CC(C)C1CCC(=O)C(CN(C)CC2CCC2)C1. The van der Waals surface area contributed by atoms with Gasteiger partial charge in [-0.2, -0.15) is 0 Å². The van der Waals surface area contributed by atoms with Gasteiger partial charge in [0.1, 0.15) is 5.78 Å². The molecule has 2 atom stereocenters. The summed E-state index contributed by atoms with van der Waals surface area (Å²) < 4.78 is 0. The van der Waals surface area contributed by atoms with Gasteiger partial charge in [0.2, 0.25) is 0 Å². The van der Waals surface area contributed by atoms with Crippen molar-refractivity contribution in [2.75, 3.05) is 20.1 Å². The molecule has 0 bridgehead atoms. The average Bonchev–Trinajstić information content (AvgIpc) is 2.26. The molecule has 0 radical (unpaired) electrons. The number of hydrogen-bond donors (Lipinski definition) is 0. The lowest BCUT2D eigenvalue weighted by Gasteiger charge is -2.35. The molecule has 0 aromatic carbocycles. The van der Waals surface area contributed by atoms with Crippen LogP contribution >= 0.6 is 0 Å². The van der Waals surface area contributed by atoms with Crippen LogP contribution in [0.15, 0.2) is 0 Å². The van der Waals surface area contributed by atoms with Gasteiger partial charge in [-0.05, 0) is 50.5 Å². The van der Waals surface area contributed by atoms with Crippen LogP contribution < -0.4 is 0 Å². The lowest BCUT2D eigenvalue weighted by atomic mass is 9.75. The lowest BCUT2D eigenvalue weighted by Crippen LogP contribution is -2.38.